The first-order valence-corrected chi connectivity index (χ1v) is 8.90. The third kappa shape index (κ3) is 4.28. The van der Waals surface area contributed by atoms with Crippen molar-refractivity contribution in [2.24, 2.45) is 0 Å². The summed E-state index contributed by atoms with van der Waals surface area (Å²) in [6, 6.07) is 18.4. The maximum atomic E-state index is 9.87. The molecule has 2 nitrogen and oxygen atoms in total. The minimum atomic E-state index is 0.412. The van der Waals surface area contributed by atoms with Crippen molar-refractivity contribution in [3.05, 3.63) is 60.2 Å². The number of thioether (sulfide) groups is 1. The summed E-state index contributed by atoms with van der Waals surface area (Å²) >= 11 is 1.82. The number of nitrogens with zero attached hydrogens (tertiary/aromatic N) is 1. The molecule has 2 aromatic carbocycles. The highest BCUT2D eigenvalue weighted by Gasteiger charge is 2.23. The zero-order chi connectivity index (χ0) is 15.2. The molecular formula is C19H23NOS. The lowest BCUT2D eigenvalue weighted by molar-refractivity contribution is 0.335. The van der Waals surface area contributed by atoms with Crippen LogP contribution in [0.1, 0.15) is 18.4 Å². The Morgan fingerprint density at radius 1 is 1.05 bits per heavy atom. The fourth-order valence-electron chi connectivity index (χ4n) is 2.98. The van der Waals surface area contributed by atoms with Crippen LogP contribution in [0.4, 0.5) is 0 Å². The molecule has 1 saturated heterocycles. The van der Waals surface area contributed by atoms with Crippen molar-refractivity contribution >= 4 is 11.8 Å². The lowest BCUT2D eigenvalue weighted by Gasteiger charge is -2.16. The van der Waals surface area contributed by atoms with E-state index in [-0.39, 0.29) is 0 Å². The molecule has 0 saturated carbocycles. The van der Waals surface area contributed by atoms with Gasteiger partial charge in [0.05, 0.1) is 0 Å². The Balaban J connectivity index is 1.42. The van der Waals surface area contributed by atoms with Gasteiger partial charge >= 0.3 is 0 Å². The van der Waals surface area contributed by atoms with Crippen LogP contribution in [0.25, 0.3) is 0 Å². The second-order valence-electron chi connectivity index (χ2n) is 5.89. The van der Waals surface area contributed by atoms with Crippen molar-refractivity contribution in [1.29, 1.82) is 0 Å². The highest BCUT2D eigenvalue weighted by molar-refractivity contribution is 8.00. The number of phenolic OH excluding ortho intramolecular Hbond substituents is 1. The largest absolute Gasteiger partial charge is 0.507 e. The lowest BCUT2D eigenvalue weighted by atomic mass is 10.1. The minimum absolute atomic E-state index is 0.412. The van der Waals surface area contributed by atoms with Crippen molar-refractivity contribution in [2.75, 3.05) is 19.6 Å². The Labute approximate surface area is 137 Å². The fourth-order valence-corrected chi connectivity index (χ4v) is 4.20. The number of hydrogen-bond acceptors (Lipinski definition) is 3. The zero-order valence-electron chi connectivity index (χ0n) is 12.8. The van der Waals surface area contributed by atoms with Crippen LogP contribution < -0.4 is 0 Å². The number of rotatable bonds is 6. The molecule has 3 heteroatoms. The van der Waals surface area contributed by atoms with Gasteiger partial charge in [0.2, 0.25) is 0 Å². The second-order valence-corrected chi connectivity index (χ2v) is 7.23. The molecule has 1 N–H and O–H groups in total. The summed E-state index contributed by atoms with van der Waals surface area (Å²) in [7, 11) is 0. The number of benzene rings is 2. The molecule has 1 atom stereocenters. The first kappa shape index (κ1) is 15.4. The number of aryl methyl sites for hydroxylation is 1. The van der Waals surface area contributed by atoms with Gasteiger partial charge in [0, 0.05) is 16.7 Å². The number of likely N-dealkylation sites (tertiary alicyclic amines) is 1. The Morgan fingerprint density at radius 3 is 2.64 bits per heavy atom. The van der Waals surface area contributed by atoms with Crippen LogP contribution in [-0.2, 0) is 6.42 Å². The average Bonchev–Trinajstić information content (AvgIpc) is 2.98. The predicted molar refractivity (Wildman–Crippen MR) is 93.6 cm³/mol. The van der Waals surface area contributed by atoms with Gasteiger partial charge < -0.3 is 10.0 Å². The minimum Gasteiger partial charge on any atom is -0.507 e. The molecule has 0 amide bonds. The molecule has 2 aromatic rings. The van der Waals surface area contributed by atoms with Crippen molar-refractivity contribution in [1.82, 2.24) is 4.90 Å². The topological polar surface area (TPSA) is 23.5 Å². The molecule has 1 unspecified atom stereocenters. The van der Waals surface area contributed by atoms with Crippen LogP contribution >= 0.6 is 11.8 Å². The van der Waals surface area contributed by atoms with Gasteiger partial charge in [-0.1, -0.05) is 42.5 Å². The molecule has 0 bridgehead atoms. The summed E-state index contributed by atoms with van der Waals surface area (Å²) in [5.41, 5.74) is 1.43. The fraction of sp³-hybridized carbons (Fsp3) is 0.368. The van der Waals surface area contributed by atoms with E-state index in [1.54, 1.807) is 6.07 Å². The Hall–Kier alpha value is -1.45. The first-order chi connectivity index (χ1) is 10.8. The SMILES string of the molecule is Oc1ccccc1SC1CCN(CCCc2ccccc2)C1. The summed E-state index contributed by atoms with van der Waals surface area (Å²) < 4.78 is 0. The highest BCUT2D eigenvalue weighted by Crippen LogP contribution is 2.34. The van der Waals surface area contributed by atoms with E-state index in [0.717, 1.165) is 17.9 Å². The van der Waals surface area contributed by atoms with E-state index in [2.05, 4.69) is 35.2 Å². The van der Waals surface area contributed by atoms with Crippen molar-refractivity contribution in [3.63, 3.8) is 0 Å². The van der Waals surface area contributed by atoms with Crippen LogP contribution in [0, 0.1) is 0 Å². The van der Waals surface area contributed by atoms with Gasteiger partial charge in [0.15, 0.2) is 0 Å². The third-order valence-electron chi connectivity index (χ3n) is 4.17. The van der Waals surface area contributed by atoms with E-state index >= 15 is 0 Å². The first-order valence-electron chi connectivity index (χ1n) is 8.02. The molecule has 0 spiro atoms. The molecule has 1 heterocycles. The maximum Gasteiger partial charge on any atom is 0.129 e. The highest BCUT2D eigenvalue weighted by atomic mass is 32.2. The summed E-state index contributed by atoms with van der Waals surface area (Å²) in [6.07, 6.45) is 3.59. The van der Waals surface area contributed by atoms with E-state index in [9.17, 15) is 5.11 Å². The Bertz CT molecular complexity index is 587. The molecule has 116 valence electrons. The smallest absolute Gasteiger partial charge is 0.129 e. The van der Waals surface area contributed by atoms with Crippen LogP contribution in [0.3, 0.4) is 0 Å². The third-order valence-corrected chi connectivity index (χ3v) is 5.49. The molecule has 0 radical (unpaired) electrons. The quantitative estimate of drug-likeness (QED) is 0.865. The maximum absolute atomic E-state index is 9.87. The molecule has 0 aliphatic carbocycles. The Morgan fingerprint density at radius 2 is 1.82 bits per heavy atom. The molecule has 1 aliphatic rings. The molecule has 22 heavy (non-hydrogen) atoms. The van der Waals surface area contributed by atoms with Gasteiger partial charge in [-0.05, 0) is 50.0 Å². The van der Waals surface area contributed by atoms with Gasteiger partial charge in [-0.25, -0.2) is 0 Å². The van der Waals surface area contributed by atoms with Crippen molar-refractivity contribution in [3.8, 4) is 5.75 Å². The molecule has 1 aliphatic heterocycles. The van der Waals surface area contributed by atoms with Crippen LogP contribution in [0.5, 0.6) is 5.75 Å². The number of hydrogen-bond donors (Lipinski definition) is 1. The van der Waals surface area contributed by atoms with Crippen molar-refractivity contribution in [2.45, 2.75) is 29.4 Å². The summed E-state index contributed by atoms with van der Waals surface area (Å²) in [4.78, 5) is 3.57. The Kier molecular flexibility index (Phi) is 5.41. The zero-order valence-corrected chi connectivity index (χ0v) is 13.6. The molecular weight excluding hydrogens is 290 g/mol. The molecule has 1 fully saturated rings. The van der Waals surface area contributed by atoms with Gasteiger partial charge in [0.25, 0.3) is 0 Å². The van der Waals surface area contributed by atoms with Gasteiger partial charge in [0.1, 0.15) is 5.75 Å². The van der Waals surface area contributed by atoms with Gasteiger partial charge in [-0.3, -0.25) is 0 Å². The van der Waals surface area contributed by atoms with E-state index in [0.29, 0.717) is 11.0 Å². The average molecular weight is 313 g/mol. The van der Waals surface area contributed by atoms with Crippen LogP contribution in [-0.4, -0.2) is 34.9 Å². The van der Waals surface area contributed by atoms with E-state index in [4.69, 9.17) is 0 Å². The lowest BCUT2D eigenvalue weighted by Crippen LogP contribution is -2.22. The predicted octanol–water partition coefficient (Wildman–Crippen LogP) is 4.19. The number of aromatic hydroxyl groups is 1. The molecule has 3 rings (SSSR count). The van der Waals surface area contributed by atoms with E-state index in [1.807, 2.05) is 30.0 Å². The number of para-hydroxylation sites is 1. The monoisotopic (exact) mass is 313 g/mol. The summed E-state index contributed by atoms with van der Waals surface area (Å²) in [6.45, 7) is 3.49. The molecule has 0 aromatic heterocycles. The van der Waals surface area contributed by atoms with Crippen LogP contribution in [0.2, 0.25) is 0 Å². The van der Waals surface area contributed by atoms with E-state index in [1.165, 1.54) is 31.5 Å². The normalized spacial score (nSPS) is 18.6. The van der Waals surface area contributed by atoms with Crippen LogP contribution in [0.15, 0.2) is 59.5 Å². The number of phenols is 1. The summed E-state index contributed by atoms with van der Waals surface area (Å²) in [5.74, 6) is 0.412. The van der Waals surface area contributed by atoms with Crippen molar-refractivity contribution < 1.29 is 5.11 Å². The van der Waals surface area contributed by atoms with Gasteiger partial charge in [-0.2, -0.15) is 0 Å². The summed E-state index contributed by atoms with van der Waals surface area (Å²) in [5, 5.41) is 10.5. The van der Waals surface area contributed by atoms with E-state index < -0.39 is 0 Å². The standard InChI is InChI=1S/C19H23NOS/c21-18-10-4-5-11-19(18)22-17-12-14-20(15-17)13-6-9-16-7-2-1-3-8-16/h1-5,7-8,10-11,17,21H,6,9,12-15H2. The van der Waals surface area contributed by atoms with Gasteiger partial charge in [-0.15, -0.1) is 11.8 Å². The second kappa shape index (κ2) is 7.70.